The molecule has 112 valence electrons. The summed E-state index contributed by atoms with van der Waals surface area (Å²) in [5.74, 6) is 1.08. The Balaban J connectivity index is 2.92. The second-order valence-electron chi connectivity index (χ2n) is 4.35. The van der Waals surface area contributed by atoms with Gasteiger partial charge in [-0.25, -0.2) is 4.79 Å². The van der Waals surface area contributed by atoms with E-state index in [1.165, 1.54) is 12.3 Å². The molecule has 0 bridgehead atoms. The van der Waals surface area contributed by atoms with E-state index in [2.05, 4.69) is 16.2 Å². The fourth-order valence-corrected chi connectivity index (χ4v) is 1.83. The Morgan fingerprint density at radius 1 is 1.48 bits per heavy atom. The van der Waals surface area contributed by atoms with Crippen LogP contribution in [0.1, 0.15) is 30.8 Å². The molecule has 0 aliphatic heterocycles. The highest BCUT2D eigenvalue weighted by Gasteiger charge is 2.18. The van der Waals surface area contributed by atoms with Gasteiger partial charge >= 0.3 is 5.97 Å². The quantitative estimate of drug-likeness (QED) is 0.742. The maximum atomic E-state index is 12.2. The number of pyridine rings is 1. The lowest BCUT2D eigenvalue weighted by Gasteiger charge is -2.19. The maximum absolute atomic E-state index is 12.2. The summed E-state index contributed by atoms with van der Waals surface area (Å²) in [5, 5.41) is 11.9. The van der Waals surface area contributed by atoms with E-state index in [9.17, 15) is 9.59 Å². The second-order valence-corrected chi connectivity index (χ2v) is 4.35. The molecule has 0 aliphatic carbocycles. The Morgan fingerprint density at radius 3 is 2.67 bits per heavy atom. The first kappa shape index (κ1) is 16.5. The lowest BCUT2D eigenvalue weighted by atomic mass is 10.2. The highest BCUT2D eigenvalue weighted by molar-refractivity contribution is 5.93. The van der Waals surface area contributed by atoms with Crippen LogP contribution in [0.3, 0.4) is 0 Å². The smallest absolute Gasteiger partial charge is 0.327 e. The van der Waals surface area contributed by atoms with Gasteiger partial charge in [0.2, 0.25) is 0 Å². The molecule has 1 unspecified atom stereocenters. The minimum absolute atomic E-state index is 0.0526. The van der Waals surface area contributed by atoms with Gasteiger partial charge in [0.15, 0.2) is 0 Å². The predicted octanol–water partition coefficient (Wildman–Crippen LogP) is 1.45. The number of nitrogens with one attached hydrogen (secondary N) is 1. The van der Waals surface area contributed by atoms with Crippen molar-refractivity contribution in [2.75, 3.05) is 18.4 Å². The molecule has 0 spiro atoms. The Morgan fingerprint density at radius 2 is 2.14 bits per heavy atom. The molecule has 0 aromatic carbocycles. The molecule has 1 aromatic heterocycles. The number of rotatable bonds is 7. The molecule has 1 heterocycles. The molecule has 0 radical (unpaired) electrons. The highest BCUT2D eigenvalue weighted by atomic mass is 16.4. The topological polar surface area (TPSA) is 82.5 Å². The molecule has 0 fully saturated rings. The molecule has 1 rings (SSSR count). The fraction of sp³-hybridized carbons (Fsp3) is 0.400. The zero-order valence-electron chi connectivity index (χ0n) is 12.2. The first-order valence-corrected chi connectivity index (χ1v) is 6.71. The van der Waals surface area contributed by atoms with Gasteiger partial charge in [0.25, 0.3) is 5.91 Å². The Kier molecular flexibility index (Phi) is 6.21. The summed E-state index contributed by atoms with van der Waals surface area (Å²) < 4.78 is 0. The van der Waals surface area contributed by atoms with E-state index < -0.39 is 12.0 Å². The normalized spacial score (nSPS) is 11.3. The van der Waals surface area contributed by atoms with Crippen molar-refractivity contribution in [3.63, 3.8) is 0 Å². The zero-order chi connectivity index (χ0) is 15.8. The third kappa shape index (κ3) is 4.49. The monoisotopic (exact) mass is 289 g/mol. The second kappa shape index (κ2) is 7.90. The van der Waals surface area contributed by atoms with Crippen LogP contribution in [-0.2, 0) is 4.79 Å². The van der Waals surface area contributed by atoms with Gasteiger partial charge in [-0.2, -0.15) is 0 Å². The summed E-state index contributed by atoms with van der Waals surface area (Å²) in [7, 11) is 0. The van der Waals surface area contributed by atoms with E-state index in [0.29, 0.717) is 18.8 Å². The van der Waals surface area contributed by atoms with E-state index >= 15 is 0 Å². The number of carboxylic acids is 1. The predicted molar refractivity (Wildman–Crippen MR) is 80.0 cm³/mol. The van der Waals surface area contributed by atoms with Crippen LogP contribution >= 0.6 is 0 Å². The van der Waals surface area contributed by atoms with E-state index in [4.69, 9.17) is 11.5 Å². The largest absolute Gasteiger partial charge is 0.480 e. The number of amides is 1. The number of aliphatic carboxylic acids is 1. The first-order valence-electron chi connectivity index (χ1n) is 6.71. The molecule has 0 saturated heterocycles. The number of hydrogen-bond donors (Lipinski definition) is 2. The van der Waals surface area contributed by atoms with Crippen LogP contribution in [-0.4, -0.2) is 46.0 Å². The van der Waals surface area contributed by atoms with Crippen LogP contribution in [0.25, 0.3) is 0 Å². The first-order chi connectivity index (χ1) is 10.0. The van der Waals surface area contributed by atoms with E-state index in [1.807, 2.05) is 13.8 Å². The summed E-state index contributed by atoms with van der Waals surface area (Å²) in [6.07, 6.45) is 6.67. The van der Waals surface area contributed by atoms with E-state index in [-0.39, 0.29) is 18.0 Å². The highest BCUT2D eigenvalue weighted by Crippen LogP contribution is 2.12. The van der Waals surface area contributed by atoms with Gasteiger partial charge in [-0.05, 0) is 26.0 Å². The van der Waals surface area contributed by atoms with Crippen molar-refractivity contribution in [3.8, 4) is 12.3 Å². The van der Waals surface area contributed by atoms with Crippen molar-refractivity contribution in [3.05, 3.63) is 24.0 Å². The van der Waals surface area contributed by atoms with Crippen molar-refractivity contribution < 1.29 is 14.7 Å². The summed E-state index contributed by atoms with van der Waals surface area (Å²) in [5.41, 5.74) is 0.775. The average molecular weight is 289 g/mol. The zero-order valence-corrected chi connectivity index (χ0v) is 12.2. The molecule has 2 N–H and O–H groups in total. The molecule has 0 saturated carbocycles. The molecule has 1 amide bonds. The number of hydrogen-bond acceptors (Lipinski definition) is 4. The van der Waals surface area contributed by atoms with Gasteiger partial charge in [-0.1, -0.05) is 0 Å². The van der Waals surface area contributed by atoms with E-state index in [1.54, 1.807) is 11.0 Å². The molecule has 6 nitrogen and oxygen atoms in total. The van der Waals surface area contributed by atoms with Gasteiger partial charge in [-0.15, -0.1) is 12.3 Å². The minimum Gasteiger partial charge on any atom is -0.480 e. The van der Waals surface area contributed by atoms with Crippen LogP contribution in [0.2, 0.25) is 0 Å². The van der Waals surface area contributed by atoms with Crippen molar-refractivity contribution in [1.82, 2.24) is 9.88 Å². The summed E-state index contributed by atoms with van der Waals surface area (Å²) >= 11 is 0. The maximum Gasteiger partial charge on any atom is 0.327 e. The Hall–Kier alpha value is -2.55. The number of anilines is 1. The minimum atomic E-state index is -1.04. The summed E-state index contributed by atoms with van der Waals surface area (Å²) in [4.78, 5) is 28.9. The van der Waals surface area contributed by atoms with Crippen molar-refractivity contribution >= 4 is 17.6 Å². The standard InChI is InChI=1S/C15H19N3O3/c1-4-7-12(15(20)21)17-11-8-9-16-13(10-11)14(19)18(5-2)6-3/h1,8-10,12H,5-7H2,2-3H3,(H,16,17)(H,20,21). The average Bonchev–Trinajstić information content (AvgIpc) is 2.48. The van der Waals surface area contributed by atoms with Gasteiger partial charge in [0, 0.05) is 31.4 Å². The van der Waals surface area contributed by atoms with Crippen molar-refractivity contribution in [2.45, 2.75) is 26.3 Å². The SMILES string of the molecule is C#CCC(Nc1ccnc(C(=O)N(CC)CC)c1)C(=O)O. The molecule has 0 aliphatic rings. The van der Waals surface area contributed by atoms with Crippen molar-refractivity contribution in [2.24, 2.45) is 0 Å². The Bertz CT molecular complexity index is 547. The third-order valence-electron chi connectivity index (χ3n) is 2.99. The molecule has 1 atom stereocenters. The molecule has 1 aromatic rings. The van der Waals surface area contributed by atoms with Crippen LogP contribution in [0, 0.1) is 12.3 Å². The number of aromatic nitrogens is 1. The number of carboxylic acid groups (broad SMARTS) is 1. The van der Waals surface area contributed by atoms with Gasteiger partial charge in [0.05, 0.1) is 0 Å². The van der Waals surface area contributed by atoms with E-state index in [0.717, 1.165) is 0 Å². The molecular weight excluding hydrogens is 270 g/mol. The number of carbonyl (C=O) groups is 2. The van der Waals surface area contributed by atoms with Gasteiger partial charge in [0.1, 0.15) is 11.7 Å². The Labute approximate surface area is 124 Å². The number of nitrogens with zero attached hydrogens (tertiary/aromatic N) is 2. The summed E-state index contributed by atoms with van der Waals surface area (Å²) in [6.45, 7) is 4.95. The van der Waals surface area contributed by atoms with Crippen LogP contribution in [0.5, 0.6) is 0 Å². The summed E-state index contributed by atoms with van der Waals surface area (Å²) in [6, 6.07) is 2.24. The molecule has 6 heteroatoms. The fourth-order valence-electron chi connectivity index (χ4n) is 1.83. The van der Waals surface area contributed by atoms with Gasteiger partial charge < -0.3 is 15.3 Å². The number of carbonyl (C=O) groups excluding carboxylic acids is 1. The van der Waals surface area contributed by atoms with Gasteiger partial charge in [-0.3, -0.25) is 9.78 Å². The third-order valence-corrected chi connectivity index (χ3v) is 2.99. The lowest BCUT2D eigenvalue weighted by Crippen LogP contribution is -2.31. The molecular formula is C15H19N3O3. The molecule has 21 heavy (non-hydrogen) atoms. The van der Waals surface area contributed by atoms with Crippen LogP contribution in [0.15, 0.2) is 18.3 Å². The van der Waals surface area contributed by atoms with Crippen LogP contribution < -0.4 is 5.32 Å². The number of terminal acetylenes is 1. The lowest BCUT2D eigenvalue weighted by molar-refractivity contribution is -0.137. The van der Waals surface area contributed by atoms with Crippen molar-refractivity contribution in [1.29, 1.82) is 0 Å². The van der Waals surface area contributed by atoms with Crippen LogP contribution in [0.4, 0.5) is 5.69 Å².